The Kier molecular flexibility index (Phi) is 4.43. The normalized spacial score (nSPS) is 17.5. The van der Waals surface area contributed by atoms with Crippen molar-refractivity contribution in [2.75, 3.05) is 24.6 Å². The summed E-state index contributed by atoms with van der Waals surface area (Å²) in [7, 11) is 0. The third kappa shape index (κ3) is 3.07. The number of piperidine rings is 1. The monoisotopic (exact) mass is 329 g/mol. The average molecular weight is 329 g/mol. The third-order valence-electron chi connectivity index (χ3n) is 5.20. The molecule has 24 heavy (non-hydrogen) atoms. The minimum absolute atomic E-state index is 0.0407. The quantitative estimate of drug-likeness (QED) is 0.935. The molecule has 0 unspecified atom stereocenters. The van der Waals surface area contributed by atoms with E-state index >= 15 is 0 Å². The molecule has 0 bridgehead atoms. The molecule has 4 nitrogen and oxygen atoms in total. The van der Waals surface area contributed by atoms with E-state index in [1.165, 1.54) is 0 Å². The predicted molar refractivity (Wildman–Crippen MR) is 98.0 cm³/mol. The predicted octanol–water partition coefficient (Wildman–Crippen LogP) is 3.57. The van der Waals surface area contributed by atoms with Gasteiger partial charge in [0.15, 0.2) is 5.43 Å². The zero-order valence-electron chi connectivity index (χ0n) is 15.1. The van der Waals surface area contributed by atoms with Crippen molar-refractivity contribution in [2.45, 2.75) is 47.0 Å². The van der Waals surface area contributed by atoms with E-state index in [0.29, 0.717) is 34.3 Å². The standard InChI is InChI=1S/C20H27NO3/c1-13-11-15(5-10-22)18-16(12-13)17(23)14(2)19(24-18)21-8-6-20(3,4)7-9-21/h11-12,22H,5-10H2,1-4H3. The molecule has 2 aromatic rings. The first-order chi connectivity index (χ1) is 11.3. The van der Waals surface area contributed by atoms with Crippen molar-refractivity contribution >= 4 is 16.9 Å². The van der Waals surface area contributed by atoms with Crippen molar-refractivity contribution in [1.29, 1.82) is 0 Å². The van der Waals surface area contributed by atoms with Crippen LogP contribution in [0.25, 0.3) is 11.0 Å². The van der Waals surface area contributed by atoms with E-state index in [0.717, 1.165) is 37.1 Å². The van der Waals surface area contributed by atoms with E-state index in [9.17, 15) is 9.90 Å². The molecule has 130 valence electrons. The Morgan fingerprint density at radius 3 is 2.50 bits per heavy atom. The van der Waals surface area contributed by atoms with Gasteiger partial charge in [-0.1, -0.05) is 19.9 Å². The number of rotatable bonds is 3. The molecule has 3 rings (SSSR count). The molecule has 0 spiro atoms. The summed E-state index contributed by atoms with van der Waals surface area (Å²) in [6, 6.07) is 3.89. The van der Waals surface area contributed by atoms with Crippen LogP contribution in [0.1, 0.15) is 43.4 Å². The largest absolute Gasteiger partial charge is 0.440 e. The van der Waals surface area contributed by atoms with E-state index in [-0.39, 0.29) is 12.0 Å². The van der Waals surface area contributed by atoms with Gasteiger partial charge in [0.1, 0.15) is 5.58 Å². The second-order valence-corrected chi connectivity index (χ2v) is 7.79. The highest BCUT2D eigenvalue weighted by atomic mass is 16.4. The van der Waals surface area contributed by atoms with Crippen LogP contribution in [-0.2, 0) is 6.42 Å². The lowest BCUT2D eigenvalue weighted by molar-refractivity contribution is 0.274. The van der Waals surface area contributed by atoms with Crippen LogP contribution in [0.3, 0.4) is 0 Å². The summed E-state index contributed by atoms with van der Waals surface area (Å²) in [5.74, 6) is 0.700. The molecule has 1 aliphatic rings. The Bertz CT molecular complexity index is 810. The molecule has 1 aromatic heterocycles. The van der Waals surface area contributed by atoms with Gasteiger partial charge in [0.25, 0.3) is 0 Å². The maximum Gasteiger partial charge on any atom is 0.202 e. The summed E-state index contributed by atoms with van der Waals surface area (Å²) in [5, 5.41) is 9.96. The number of hydrogen-bond acceptors (Lipinski definition) is 4. The second kappa shape index (κ2) is 6.25. The third-order valence-corrected chi connectivity index (χ3v) is 5.20. The van der Waals surface area contributed by atoms with Crippen molar-refractivity contribution in [2.24, 2.45) is 5.41 Å². The van der Waals surface area contributed by atoms with Crippen LogP contribution in [0, 0.1) is 19.3 Å². The summed E-state index contributed by atoms with van der Waals surface area (Å²) in [4.78, 5) is 15.1. The minimum atomic E-state index is 0.0407. The second-order valence-electron chi connectivity index (χ2n) is 7.79. The summed E-state index contributed by atoms with van der Waals surface area (Å²) in [5.41, 5.74) is 3.63. The van der Waals surface area contributed by atoms with Crippen LogP contribution in [-0.4, -0.2) is 24.8 Å². The highest BCUT2D eigenvalue weighted by molar-refractivity contribution is 5.83. The van der Waals surface area contributed by atoms with Gasteiger partial charge in [-0.3, -0.25) is 4.79 Å². The van der Waals surface area contributed by atoms with Crippen LogP contribution in [0.15, 0.2) is 21.3 Å². The Hall–Kier alpha value is -1.81. The molecule has 1 saturated heterocycles. The number of hydrogen-bond donors (Lipinski definition) is 1. The lowest BCUT2D eigenvalue weighted by Crippen LogP contribution is -2.38. The molecule has 1 aromatic carbocycles. The van der Waals surface area contributed by atoms with E-state index in [1.807, 2.05) is 26.0 Å². The molecule has 0 saturated carbocycles. The molecule has 1 fully saturated rings. The minimum Gasteiger partial charge on any atom is -0.440 e. The smallest absolute Gasteiger partial charge is 0.202 e. The molecule has 2 heterocycles. The van der Waals surface area contributed by atoms with E-state index in [4.69, 9.17) is 4.42 Å². The van der Waals surface area contributed by atoms with E-state index in [1.54, 1.807) is 0 Å². The van der Waals surface area contributed by atoms with Crippen molar-refractivity contribution < 1.29 is 9.52 Å². The zero-order chi connectivity index (χ0) is 17.5. The molecule has 0 radical (unpaired) electrons. The first-order valence-corrected chi connectivity index (χ1v) is 8.75. The molecule has 1 aliphatic heterocycles. The van der Waals surface area contributed by atoms with Gasteiger partial charge in [-0.25, -0.2) is 0 Å². The molecule has 0 amide bonds. The highest BCUT2D eigenvalue weighted by Gasteiger charge is 2.28. The SMILES string of the molecule is Cc1cc(CCO)c2oc(N3CCC(C)(C)CC3)c(C)c(=O)c2c1. The zero-order valence-corrected chi connectivity index (χ0v) is 15.1. The molecule has 0 aliphatic carbocycles. The van der Waals surface area contributed by atoms with Gasteiger partial charge < -0.3 is 14.4 Å². The Morgan fingerprint density at radius 1 is 1.21 bits per heavy atom. The van der Waals surface area contributed by atoms with Crippen molar-refractivity contribution in [3.63, 3.8) is 0 Å². The summed E-state index contributed by atoms with van der Waals surface area (Å²) < 4.78 is 6.23. The van der Waals surface area contributed by atoms with Gasteiger partial charge >= 0.3 is 0 Å². The van der Waals surface area contributed by atoms with Crippen LogP contribution in [0.4, 0.5) is 5.88 Å². The maximum absolute atomic E-state index is 12.9. The van der Waals surface area contributed by atoms with E-state index < -0.39 is 0 Å². The first kappa shape index (κ1) is 17.0. The molecular formula is C20H27NO3. The van der Waals surface area contributed by atoms with Crippen molar-refractivity contribution in [3.05, 3.63) is 39.0 Å². The average Bonchev–Trinajstić information content (AvgIpc) is 2.52. The Morgan fingerprint density at radius 2 is 1.88 bits per heavy atom. The van der Waals surface area contributed by atoms with Gasteiger partial charge in [-0.15, -0.1) is 0 Å². The lowest BCUT2D eigenvalue weighted by Gasteiger charge is -2.37. The van der Waals surface area contributed by atoms with Crippen LogP contribution in [0.2, 0.25) is 0 Å². The molecule has 0 atom stereocenters. The number of benzene rings is 1. The fourth-order valence-corrected chi connectivity index (χ4v) is 3.53. The lowest BCUT2D eigenvalue weighted by atomic mass is 9.82. The van der Waals surface area contributed by atoms with Gasteiger partial charge in [0.2, 0.25) is 5.88 Å². The van der Waals surface area contributed by atoms with Gasteiger partial charge in [0, 0.05) is 19.7 Å². The maximum atomic E-state index is 12.9. The molecule has 4 heteroatoms. The van der Waals surface area contributed by atoms with Gasteiger partial charge in [0.05, 0.1) is 10.9 Å². The molecule has 1 N–H and O–H groups in total. The fourth-order valence-electron chi connectivity index (χ4n) is 3.53. The van der Waals surface area contributed by atoms with E-state index in [2.05, 4.69) is 18.7 Å². The number of aliphatic hydroxyl groups excluding tert-OH is 1. The van der Waals surface area contributed by atoms with Crippen molar-refractivity contribution in [1.82, 2.24) is 0 Å². The Balaban J connectivity index is 2.13. The van der Waals surface area contributed by atoms with Gasteiger partial charge in [-0.05, 0) is 55.7 Å². The number of fused-ring (bicyclic) bond motifs is 1. The highest BCUT2D eigenvalue weighted by Crippen LogP contribution is 2.34. The summed E-state index contributed by atoms with van der Waals surface area (Å²) in [6.07, 6.45) is 2.67. The number of aliphatic hydroxyl groups is 1. The summed E-state index contributed by atoms with van der Waals surface area (Å²) in [6.45, 7) is 10.3. The van der Waals surface area contributed by atoms with Crippen LogP contribution < -0.4 is 10.3 Å². The number of anilines is 1. The van der Waals surface area contributed by atoms with Gasteiger partial charge in [-0.2, -0.15) is 0 Å². The van der Waals surface area contributed by atoms with Crippen molar-refractivity contribution in [3.8, 4) is 0 Å². The fraction of sp³-hybridized carbons (Fsp3) is 0.550. The first-order valence-electron chi connectivity index (χ1n) is 8.75. The number of nitrogens with zero attached hydrogens (tertiary/aromatic N) is 1. The molecular weight excluding hydrogens is 302 g/mol. The van der Waals surface area contributed by atoms with Crippen LogP contribution >= 0.6 is 0 Å². The Labute approximate surface area is 143 Å². The number of aryl methyl sites for hydroxylation is 1. The van der Waals surface area contributed by atoms with Crippen LogP contribution in [0.5, 0.6) is 0 Å². The topological polar surface area (TPSA) is 53.7 Å². The summed E-state index contributed by atoms with van der Waals surface area (Å²) >= 11 is 0.